The van der Waals surface area contributed by atoms with Crippen LogP contribution in [0.15, 0.2) is 65.8 Å². The smallest absolute Gasteiger partial charge is 0.233 e. The van der Waals surface area contributed by atoms with E-state index in [1.807, 2.05) is 55.5 Å². The minimum atomic E-state index is -0.288. The summed E-state index contributed by atoms with van der Waals surface area (Å²) in [5.74, 6) is -0.0245. The number of amides is 1. The SMILES string of the molecule is C[C@H](Sc1nnnn1-c1ccccc1)C(=O)NCCc1ccccc1. The van der Waals surface area contributed by atoms with E-state index >= 15 is 0 Å². The van der Waals surface area contributed by atoms with Crippen molar-refractivity contribution in [1.82, 2.24) is 25.5 Å². The standard InChI is InChI=1S/C18H19N5OS/c1-14(17(24)19-13-12-15-8-4-2-5-9-15)25-18-20-21-22-23(18)16-10-6-3-7-11-16/h2-11,14H,12-13H2,1H3,(H,19,24)/t14-/m0/s1. The van der Waals surface area contributed by atoms with Crippen molar-refractivity contribution in [1.29, 1.82) is 0 Å². The van der Waals surface area contributed by atoms with Crippen molar-refractivity contribution < 1.29 is 4.79 Å². The Kier molecular flexibility index (Phi) is 5.79. The van der Waals surface area contributed by atoms with Crippen LogP contribution in [0.3, 0.4) is 0 Å². The molecule has 1 amide bonds. The van der Waals surface area contributed by atoms with E-state index < -0.39 is 0 Å². The van der Waals surface area contributed by atoms with Gasteiger partial charge >= 0.3 is 0 Å². The van der Waals surface area contributed by atoms with Crippen LogP contribution in [0.5, 0.6) is 0 Å². The predicted octanol–water partition coefficient (Wildman–Crippen LogP) is 2.50. The number of thioether (sulfide) groups is 1. The molecule has 2 aromatic carbocycles. The third kappa shape index (κ3) is 4.67. The Balaban J connectivity index is 1.55. The Morgan fingerprint density at radius 2 is 1.80 bits per heavy atom. The van der Waals surface area contributed by atoms with Crippen LogP contribution >= 0.6 is 11.8 Å². The molecule has 1 aromatic heterocycles. The van der Waals surface area contributed by atoms with Crippen LogP contribution in [0.4, 0.5) is 0 Å². The molecule has 0 fully saturated rings. The first kappa shape index (κ1) is 17.2. The van der Waals surface area contributed by atoms with E-state index in [2.05, 4.69) is 33.0 Å². The molecule has 0 aliphatic heterocycles. The van der Waals surface area contributed by atoms with Gasteiger partial charge in [0, 0.05) is 6.54 Å². The van der Waals surface area contributed by atoms with Crippen LogP contribution in [0, 0.1) is 0 Å². The van der Waals surface area contributed by atoms with Gasteiger partial charge < -0.3 is 5.32 Å². The van der Waals surface area contributed by atoms with Crippen LogP contribution < -0.4 is 5.32 Å². The number of hydrogen-bond acceptors (Lipinski definition) is 5. The molecule has 128 valence electrons. The first-order valence-corrected chi connectivity index (χ1v) is 8.94. The summed E-state index contributed by atoms with van der Waals surface area (Å²) in [4.78, 5) is 12.3. The quantitative estimate of drug-likeness (QED) is 0.661. The van der Waals surface area contributed by atoms with Crippen molar-refractivity contribution in [2.24, 2.45) is 0 Å². The van der Waals surface area contributed by atoms with Crippen LogP contribution in [-0.2, 0) is 11.2 Å². The van der Waals surface area contributed by atoms with Gasteiger partial charge in [-0.25, -0.2) is 0 Å². The van der Waals surface area contributed by atoms with Gasteiger partial charge in [0.05, 0.1) is 10.9 Å². The first-order chi connectivity index (χ1) is 12.2. The molecule has 0 aliphatic carbocycles. The molecule has 3 aromatic rings. The summed E-state index contributed by atoms with van der Waals surface area (Å²) < 4.78 is 1.64. The lowest BCUT2D eigenvalue weighted by molar-refractivity contribution is -0.120. The summed E-state index contributed by atoms with van der Waals surface area (Å²) in [6.45, 7) is 2.46. The number of nitrogens with zero attached hydrogens (tertiary/aromatic N) is 4. The zero-order valence-electron chi connectivity index (χ0n) is 13.9. The van der Waals surface area contributed by atoms with Crippen LogP contribution in [0.1, 0.15) is 12.5 Å². The molecule has 25 heavy (non-hydrogen) atoms. The van der Waals surface area contributed by atoms with Crippen molar-refractivity contribution in [2.45, 2.75) is 23.8 Å². The highest BCUT2D eigenvalue weighted by atomic mass is 32.2. The van der Waals surface area contributed by atoms with E-state index in [4.69, 9.17) is 0 Å². The predicted molar refractivity (Wildman–Crippen MR) is 97.6 cm³/mol. The summed E-state index contributed by atoms with van der Waals surface area (Å²) in [5.41, 5.74) is 2.07. The second kappa shape index (κ2) is 8.43. The Morgan fingerprint density at radius 3 is 2.52 bits per heavy atom. The number of aromatic nitrogens is 4. The Hall–Kier alpha value is -2.67. The van der Waals surface area contributed by atoms with Crippen molar-refractivity contribution >= 4 is 17.7 Å². The van der Waals surface area contributed by atoms with E-state index in [-0.39, 0.29) is 11.2 Å². The van der Waals surface area contributed by atoms with Crippen LogP contribution in [0.2, 0.25) is 0 Å². The third-order valence-electron chi connectivity index (χ3n) is 3.65. The number of tetrazole rings is 1. The lowest BCUT2D eigenvalue weighted by Gasteiger charge is -2.11. The van der Waals surface area contributed by atoms with Crippen LogP contribution in [0.25, 0.3) is 5.69 Å². The highest BCUT2D eigenvalue weighted by molar-refractivity contribution is 8.00. The molecule has 0 bridgehead atoms. The summed E-state index contributed by atoms with van der Waals surface area (Å²) in [5, 5.41) is 15.0. The molecule has 6 nitrogen and oxygen atoms in total. The van der Waals surface area contributed by atoms with Crippen molar-refractivity contribution in [3.8, 4) is 5.69 Å². The fraction of sp³-hybridized carbons (Fsp3) is 0.222. The van der Waals surface area contributed by atoms with Gasteiger partial charge in [-0.2, -0.15) is 4.68 Å². The highest BCUT2D eigenvalue weighted by Crippen LogP contribution is 2.22. The van der Waals surface area contributed by atoms with Gasteiger partial charge in [-0.05, 0) is 41.5 Å². The number of benzene rings is 2. The fourth-order valence-corrected chi connectivity index (χ4v) is 3.15. The molecule has 7 heteroatoms. The minimum absolute atomic E-state index is 0.0245. The van der Waals surface area contributed by atoms with Crippen molar-refractivity contribution in [2.75, 3.05) is 6.54 Å². The van der Waals surface area contributed by atoms with Gasteiger partial charge in [-0.1, -0.05) is 60.3 Å². The summed E-state index contributed by atoms with van der Waals surface area (Å²) in [6, 6.07) is 19.7. The fourth-order valence-electron chi connectivity index (χ4n) is 2.31. The molecule has 1 atom stereocenters. The maximum Gasteiger partial charge on any atom is 0.233 e. The second-order valence-corrected chi connectivity index (χ2v) is 6.80. The van der Waals surface area contributed by atoms with Crippen molar-refractivity contribution in [3.63, 3.8) is 0 Å². The molecule has 1 N–H and O–H groups in total. The van der Waals surface area contributed by atoms with E-state index in [0.29, 0.717) is 11.7 Å². The Bertz CT molecular complexity index is 807. The zero-order valence-corrected chi connectivity index (χ0v) is 14.7. The van der Waals surface area contributed by atoms with Gasteiger partial charge in [0.2, 0.25) is 11.1 Å². The molecule has 0 spiro atoms. The molecule has 0 radical (unpaired) electrons. The molecule has 0 aliphatic rings. The molecular weight excluding hydrogens is 334 g/mol. The number of para-hydroxylation sites is 1. The number of rotatable bonds is 7. The van der Waals surface area contributed by atoms with Gasteiger partial charge in [0.25, 0.3) is 0 Å². The number of carbonyl (C=O) groups is 1. The van der Waals surface area contributed by atoms with Gasteiger partial charge in [-0.15, -0.1) is 5.10 Å². The minimum Gasteiger partial charge on any atom is -0.355 e. The average molecular weight is 353 g/mol. The third-order valence-corrected chi connectivity index (χ3v) is 4.68. The maximum atomic E-state index is 12.3. The van der Waals surface area contributed by atoms with E-state index in [9.17, 15) is 4.79 Å². The largest absolute Gasteiger partial charge is 0.355 e. The lowest BCUT2D eigenvalue weighted by Crippen LogP contribution is -2.32. The monoisotopic (exact) mass is 353 g/mol. The Morgan fingerprint density at radius 1 is 1.12 bits per heavy atom. The number of carbonyl (C=O) groups excluding carboxylic acids is 1. The molecule has 1 heterocycles. The van der Waals surface area contributed by atoms with E-state index in [1.165, 1.54) is 17.3 Å². The molecule has 0 unspecified atom stereocenters. The summed E-state index contributed by atoms with van der Waals surface area (Å²) in [7, 11) is 0. The van der Waals surface area contributed by atoms with Gasteiger partial charge in [-0.3, -0.25) is 4.79 Å². The lowest BCUT2D eigenvalue weighted by atomic mass is 10.1. The Labute approximate surface area is 150 Å². The van der Waals surface area contributed by atoms with Gasteiger partial charge in [0.15, 0.2) is 0 Å². The summed E-state index contributed by atoms with van der Waals surface area (Å²) >= 11 is 1.34. The zero-order chi connectivity index (χ0) is 17.5. The number of nitrogens with one attached hydrogen (secondary N) is 1. The first-order valence-electron chi connectivity index (χ1n) is 8.06. The van der Waals surface area contributed by atoms with Gasteiger partial charge in [0.1, 0.15) is 0 Å². The maximum absolute atomic E-state index is 12.3. The average Bonchev–Trinajstić information content (AvgIpc) is 3.11. The van der Waals surface area contributed by atoms with E-state index in [0.717, 1.165) is 12.1 Å². The second-order valence-electron chi connectivity index (χ2n) is 5.50. The summed E-state index contributed by atoms with van der Waals surface area (Å²) in [6.07, 6.45) is 0.811. The van der Waals surface area contributed by atoms with Crippen LogP contribution in [-0.4, -0.2) is 37.9 Å². The van der Waals surface area contributed by atoms with Crippen molar-refractivity contribution in [3.05, 3.63) is 66.2 Å². The normalized spacial score (nSPS) is 11.9. The molecule has 0 saturated heterocycles. The highest BCUT2D eigenvalue weighted by Gasteiger charge is 2.18. The number of hydrogen-bond donors (Lipinski definition) is 1. The topological polar surface area (TPSA) is 72.7 Å². The molecular formula is C18H19N5OS. The molecule has 3 rings (SSSR count). The molecule has 0 saturated carbocycles. The van der Waals surface area contributed by atoms with E-state index in [1.54, 1.807) is 4.68 Å².